The van der Waals surface area contributed by atoms with Crippen molar-refractivity contribution in [2.45, 2.75) is 50.3 Å². The third-order valence-electron chi connectivity index (χ3n) is 5.39. The molecule has 0 saturated carbocycles. The number of carbonyl (C=O) groups excluding carboxylic acids is 1. The zero-order chi connectivity index (χ0) is 21.9. The Bertz CT molecular complexity index is 1000. The predicted molar refractivity (Wildman–Crippen MR) is 119 cm³/mol. The minimum atomic E-state index is -3.61. The van der Waals surface area contributed by atoms with Crippen molar-refractivity contribution < 1.29 is 17.9 Å². The fraction of sp³-hybridized carbons (Fsp3) is 0.435. The van der Waals surface area contributed by atoms with E-state index in [1.165, 1.54) is 23.5 Å². The van der Waals surface area contributed by atoms with Crippen LogP contribution >= 0.6 is 0 Å². The number of rotatable bonds is 5. The molecule has 162 valence electrons. The lowest BCUT2D eigenvalue weighted by atomic mass is 9.87. The van der Waals surface area contributed by atoms with Crippen LogP contribution in [0.3, 0.4) is 0 Å². The highest BCUT2D eigenvalue weighted by Gasteiger charge is 2.27. The first-order valence-corrected chi connectivity index (χ1v) is 11.7. The number of ether oxygens (including phenoxy) is 1. The van der Waals surface area contributed by atoms with Crippen molar-refractivity contribution in [3.05, 3.63) is 53.6 Å². The average molecular weight is 431 g/mol. The molecule has 0 aromatic heterocycles. The van der Waals surface area contributed by atoms with E-state index in [9.17, 15) is 13.2 Å². The molecule has 0 radical (unpaired) electrons. The fourth-order valence-electron chi connectivity index (χ4n) is 3.52. The zero-order valence-corrected chi connectivity index (χ0v) is 18.9. The Morgan fingerprint density at radius 1 is 1.00 bits per heavy atom. The highest BCUT2D eigenvalue weighted by atomic mass is 32.2. The van der Waals surface area contributed by atoms with Gasteiger partial charge in [-0.2, -0.15) is 4.31 Å². The summed E-state index contributed by atoms with van der Waals surface area (Å²) >= 11 is 0. The first kappa shape index (κ1) is 22.3. The molecule has 3 rings (SSSR count). The second-order valence-electron chi connectivity index (χ2n) is 8.61. The molecule has 2 aromatic carbocycles. The van der Waals surface area contributed by atoms with Crippen LogP contribution in [0.2, 0.25) is 0 Å². The predicted octanol–water partition coefficient (Wildman–Crippen LogP) is 4.42. The van der Waals surface area contributed by atoms with Gasteiger partial charge in [-0.3, -0.25) is 4.79 Å². The minimum Gasteiger partial charge on any atom is -0.495 e. The first-order valence-electron chi connectivity index (χ1n) is 10.2. The number of carbonyl (C=O) groups is 1. The normalized spacial score (nSPS) is 15.6. The van der Waals surface area contributed by atoms with Crippen LogP contribution in [-0.2, 0) is 15.4 Å². The van der Waals surface area contributed by atoms with Crippen LogP contribution in [0.5, 0.6) is 5.75 Å². The van der Waals surface area contributed by atoms with Gasteiger partial charge in [0.2, 0.25) is 10.0 Å². The molecule has 0 atom stereocenters. The molecule has 1 aliphatic rings. The second kappa shape index (κ2) is 8.78. The number of piperidine rings is 1. The summed E-state index contributed by atoms with van der Waals surface area (Å²) < 4.78 is 32.8. The molecule has 1 N–H and O–H groups in total. The smallest absolute Gasteiger partial charge is 0.255 e. The maximum Gasteiger partial charge on any atom is 0.255 e. The van der Waals surface area contributed by atoms with Crippen LogP contribution < -0.4 is 10.1 Å². The van der Waals surface area contributed by atoms with Crippen molar-refractivity contribution in [3.63, 3.8) is 0 Å². The van der Waals surface area contributed by atoms with Crippen LogP contribution in [0.15, 0.2) is 47.4 Å². The summed E-state index contributed by atoms with van der Waals surface area (Å²) in [5.41, 5.74) is 1.95. The summed E-state index contributed by atoms with van der Waals surface area (Å²) in [4.78, 5) is 12.9. The third kappa shape index (κ3) is 4.84. The van der Waals surface area contributed by atoms with Gasteiger partial charge in [-0.05, 0) is 54.2 Å². The Labute approximate surface area is 179 Å². The monoisotopic (exact) mass is 430 g/mol. The molecule has 0 bridgehead atoms. The molecule has 30 heavy (non-hydrogen) atoms. The molecular formula is C23H30N2O4S. The largest absolute Gasteiger partial charge is 0.495 e. The quantitative estimate of drug-likeness (QED) is 0.762. The Morgan fingerprint density at radius 3 is 2.20 bits per heavy atom. The minimum absolute atomic E-state index is 0.00459. The lowest BCUT2D eigenvalue weighted by molar-refractivity contribution is 0.102. The van der Waals surface area contributed by atoms with Crippen LogP contribution in [-0.4, -0.2) is 38.8 Å². The van der Waals surface area contributed by atoms with E-state index in [1.807, 2.05) is 12.1 Å². The number of nitrogens with one attached hydrogen (secondary N) is 1. The number of anilines is 1. The maximum atomic E-state index is 13.0. The lowest BCUT2D eigenvalue weighted by Crippen LogP contribution is -2.35. The Morgan fingerprint density at radius 2 is 1.63 bits per heavy atom. The molecule has 1 saturated heterocycles. The summed E-state index contributed by atoms with van der Waals surface area (Å²) in [6, 6.07) is 12.0. The summed E-state index contributed by atoms with van der Waals surface area (Å²) in [5, 5.41) is 2.80. The third-order valence-corrected chi connectivity index (χ3v) is 7.28. The van der Waals surface area contributed by atoms with Crippen LogP contribution in [0.25, 0.3) is 0 Å². The van der Waals surface area contributed by atoms with E-state index in [4.69, 9.17) is 4.74 Å². The van der Waals surface area contributed by atoms with E-state index < -0.39 is 10.0 Å². The van der Waals surface area contributed by atoms with Crippen molar-refractivity contribution in [1.29, 1.82) is 0 Å². The summed E-state index contributed by atoms with van der Waals surface area (Å²) in [6.07, 6.45) is 2.77. The topological polar surface area (TPSA) is 75.7 Å². The van der Waals surface area contributed by atoms with Gasteiger partial charge in [-0.25, -0.2) is 8.42 Å². The van der Waals surface area contributed by atoms with E-state index >= 15 is 0 Å². The number of nitrogens with zero attached hydrogens (tertiary/aromatic N) is 1. The molecule has 1 heterocycles. The molecule has 1 amide bonds. The molecule has 6 nitrogen and oxygen atoms in total. The molecule has 7 heteroatoms. The van der Waals surface area contributed by atoms with Crippen molar-refractivity contribution in [2.24, 2.45) is 0 Å². The van der Waals surface area contributed by atoms with E-state index in [0.717, 1.165) is 24.8 Å². The SMILES string of the molecule is COc1ccc(S(=O)(=O)N2CCCCC2)cc1NC(=O)c1ccc(C(C)(C)C)cc1. The van der Waals surface area contributed by atoms with Gasteiger partial charge < -0.3 is 10.1 Å². The molecular weight excluding hydrogens is 400 g/mol. The molecule has 1 aliphatic heterocycles. The Balaban J connectivity index is 1.86. The van der Waals surface area contributed by atoms with Gasteiger partial charge in [-0.15, -0.1) is 0 Å². The number of benzene rings is 2. The number of hydrogen-bond donors (Lipinski definition) is 1. The highest BCUT2D eigenvalue weighted by Crippen LogP contribution is 2.30. The van der Waals surface area contributed by atoms with Crippen molar-refractivity contribution in [1.82, 2.24) is 4.31 Å². The van der Waals surface area contributed by atoms with Gasteiger partial charge in [0.05, 0.1) is 17.7 Å². The maximum absolute atomic E-state index is 13.0. The molecule has 0 spiro atoms. The van der Waals surface area contributed by atoms with E-state index in [0.29, 0.717) is 30.1 Å². The standard InChI is InChI=1S/C23H30N2O4S/c1-23(2,3)18-10-8-17(9-11-18)22(26)24-20-16-19(12-13-21(20)29-4)30(27,28)25-14-6-5-7-15-25/h8-13,16H,5-7,14-15H2,1-4H3,(H,24,26). The summed E-state index contributed by atoms with van der Waals surface area (Å²) in [6.45, 7) is 7.38. The highest BCUT2D eigenvalue weighted by molar-refractivity contribution is 7.89. The summed E-state index contributed by atoms with van der Waals surface area (Å²) in [7, 11) is -2.12. The van der Waals surface area contributed by atoms with E-state index in [2.05, 4.69) is 26.1 Å². The summed E-state index contributed by atoms with van der Waals surface area (Å²) in [5.74, 6) is 0.0912. The van der Waals surface area contributed by atoms with Gasteiger partial charge in [-0.1, -0.05) is 39.3 Å². The second-order valence-corrected chi connectivity index (χ2v) is 10.5. The zero-order valence-electron chi connectivity index (χ0n) is 18.1. The fourth-order valence-corrected chi connectivity index (χ4v) is 5.06. The van der Waals surface area contributed by atoms with Gasteiger partial charge in [0, 0.05) is 18.7 Å². The molecule has 0 aliphatic carbocycles. The van der Waals surface area contributed by atoms with Crippen molar-refractivity contribution in [2.75, 3.05) is 25.5 Å². The van der Waals surface area contributed by atoms with Crippen LogP contribution in [0.1, 0.15) is 56.0 Å². The van der Waals surface area contributed by atoms with Crippen LogP contribution in [0.4, 0.5) is 5.69 Å². The van der Waals surface area contributed by atoms with Gasteiger partial charge in [0.1, 0.15) is 5.75 Å². The number of hydrogen-bond acceptors (Lipinski definition) is 4. The van der Waals surface area contributed by atoms with Crippen LogP contribution in [0, 0.1) is 0 Å². The number of methoxy groups -OCH3 is 1. The number of amides is 1. The van der Waals surface area contributed by atoms with Gasteiger partial charge in [0.15, 0.2) is 0 Å². The van der Waals surface area contributed by atoms with Crippen molar-refractivity contribution in [3.8, 4) is 5.75 Å². The first-order chi connectivity index (χ1) is 14.1. The van der Waals surface area contributed by atoms with E-state index in [1.54, 1.807) is 18.2 Å². The van der Waals surface area contributed by atoms with Crippen molar-refractivity contribution >= 4 is 21.6 Å². The molecule has 1 fully saturated rings. The van der Waals surface area contributed by atoms with Gasteiger partial charge in [0.25, 0.3) is 5.91 Å². The Hall–Kier alpha value is -2.38. The van der Waals surface area contributed by atoms with E-state index in [-0.39, 0.29) is 16.2 Å². The lowest BCUT2D eigenvalue weighted by Gasteiger charge is -2.26. The van der Waals surface area contributed by atoms with Gasteiger partial charge >= 0.3 is 0 Å². The molecule has 0 unspecified atom stereocenters. The Kier molecular flexibility index (Phi) is 6.53. The average Bonchev–Trinajstić information content (AvgIpc) is 2.73. The number of sulfonamides is 1. The molecule has 2 aromatic rings.